The summed E-state index contributed by atoms with van der Waals surface area (Å²) < 4.78 is 30.8. The summed E-state index contributed by atoms with van der Waals surface area (Å²) in [6.45, 7) is 3.78. The minimum atomic E-state index is -1.00. The second-order valence-electron chi connectivity index (χ2n) is 6.41. The molecule has 0 aliphatic heterocycles. The number of halogens is 1. The minimum absolute atomic E-state index is 0.177. The van der Waals surface area contributed by atoms with E-state index >= 15 is 4.39 Å². The third kappa shape index (κ3) is 3.89. The third-order valence-corrected chi connectivity index (χ3v) is 4.60. The van der Waals surface area contributed by atoms with E-state index in [2.05, 4.69) is 4.98 Å². The molecule has 3 rings (SSSR count). The van der Waals surface area contributed by atoms with Crippen LogP contribution in [0.15, 0.2) is 42.6 Å². The monoisotopic (exact) mass is 412 g/mol. The Morgan fingerprint density at radius 3 is 2.57 bits per heavy atom. The average molecular weight is 412 g/mol. The molecule has 1 aromatic heterocycles. The number of rotatable bonds is 7. The lowest BCUT2D eigenvalue weighted by Gasteiger charge is -2.17. The second kappa shape index (κ2) is 8.77. The lowest BCUT2D eigenvalue weighted by Crippen LogP contribution is -2.17. The van der Waals surface area contributed by atoms with E-state index in [9.17, 15) is 9.59 Å². The zero-order chi connectivity index (χ0) is 21.8. The normalized spacial score (nSPS) is 11.7. The van der Waals surface area contributed by atoms with Crippen molar-refractivity contribution in [3.63, 3.8) is 0 Å². The highest BCUT2D eigenvalue weighted by Gasteiger charge is 2.25. The molecular formula is C22H21FN2O5. The van der Waals surface area contributed by atoms with Gasteiger partial charge in [0.25, 0.3) is 0 Å². The zero-order valence-electron chi connectivity index (χ0n) is 16.8. The predicted molar refractivity (Wildman–Crippen MR) is 108 cm³/mol. The number of ketones is 1. The van der Waals surface area contributed by atoms with Gasteiger partial charge in [0.2, 0.25) is 5.88 Å². The number of benzene rings is 2. The smallest absolute Gasteiger partial charge is 0.405 e. The summed E-state index contributed by atoms with van der Waals surface area (Å²) in [6, 6.07) is 9.57. The fourth-order valence-corrected chi connectivity index (χ4v) is 3.29. The number of carbonyl (C=O) groups is 2. The molecule has 7 nitrogen and oxygen atoms in total. The van der Waals surface area contributed by atoms with Crippen molar-refractivity contribution >= 4 is 22.6 Å². The summed E-state index contributed by atoms with van der Waals surface area (Å²) >= 11 is 0. The SMILES string of the molecule is CCOc1nccc2c(C(=O)c3ccc(C(C)OC(N)=O)c(OC)c3F)cccc12. The average Bonchev–Trinajstić information content (AvgIpc) is 2.72. The molecule has 0 aliphatic carbocycles. The number of fused-ring (bicyclic) bond motifs is 1. The highest BCUT2D eigenvalue weighted by molar-refractivity contribution is 6.17. The first-order valence-corrected chi connectivity index (χ1v) is 9.26. The summed E-state index contributed by atoms with van der Waals surface area (Å²) in [5, 5.41) is 1.24. The minimum Gasteiger partial charge on any atom is -0.493 e. The first-order valence-electron chi connectivity index (χ1n) is 9.26. The summed E-state index contributed by atoms with van der Waals surface area (Å²) in [7, 11) is 1.27. The van der Waals surface area contributed by atoms with Crippen LogP contribution >= 0.6 is 0 Å². The summed E-state index contributed by atoms with van der Waals surface area (Å²) in [5.74, 6) is -1.17. The maximum Gasteiger partial charge on any atom is 0.405 e. The Labute approximate surface area is 172 Å². The standard InChI is InChI=1S/C22H21FN2O5/c1-4-29-21-16-7-5-6-15(14(16)10-11-25-21)19(26)17-9-8-13(12(2)30-22(24)27)20(28-3)18(17)23/h5-12H,4H2,1-3H3,(H2,24,27). The van der Waals surface area contributed by atoms with Crippen molar-refractivity contribution in [3.05, 3.63) is 65.1 Å². The van der Waals surface area contributed by atoms with Crippen LogP contribution in [0.1, 0.15) is 41.4 Å². The number of nitrogens with zero attached hydrogens (tertiary/aromatic N) is 1. The molecule has 1 unspecified atom stereocenters. The molecule has 2 aromatic carbocycles. The van der Waals surface area contributed by atoms with Crippen molar-refractivity contribution in [3.8, 4) is 11.6 Å². The third-order valence-electron chi connectivity index (χ3n) is 4.60. The summed E-state index contributed by atoms with van der Waals surface area (Å²) in [6.07, 6.45) is -0.319. The van der Waals surface area contributed by atoms with E-state index in [1.807, 2.05) is 6.92 Å². The molecule has 1 amide bonds. The van der Waals surface area contributed by atoms with Crippen LogP contribution in [-0.2, 0) is 4.74 Å². The molecule has 30 heavy (non-hydrogen) atoms. The van der Waals surface area contributed by atoms with E-state index < -0.39 is 23.8 Å². The van der Waals surface area contributed by atoms with Crippen LogP contribution < -0.4 is 15.2 Å². The number of methoxy groups -OCH3 is 1. The number of hydrogen-bond donors (Lipinski definition) is 1. The van der Waals surface area contributed by atoms with Crippen LogP contribution in [-0.4, -0.2) is 30.6 Å². The van der Waals surface area contributed by atoms with Gasteiger partial charge in [0.1, 0.15) is 6.10 Å². The van der Waals surface area contributed by atoms with Gasteiger partial charge in [-0.2, -0.15) is 0 Å². The number of aromatic nitrogens is 1. The van der Waals surface area contributed by atoms with E-state index in [-0.39, 0.29) is 16.9 Å². The van der Waals surface area contributed by atoms with Crippen LogP contribution in [0.25, 0.3) is 10.8 Å². The summed E-state index contributed by atoms with van der Waals surface area (Å²) in [5.41, 5.74) is 5.41. The van der Waals surface area contributed by atoms with Crippen molar-refractivity contribution in [2.24, 2.45) is 5.73 Å². The van der Waals surface area contributed by atoms with Gasteiger partial charge in [-0.15, -0.1) is 0 Å². The first kappa shape index (κ1) is 21.0. The van der Waals surface area contributed by atoms with Gasteiger partial charge < -0.3 is 19.9 Å². The molecule has 3 aromatic rings. The Bertz CT molecular complexity index is 1120. The van der Waals surface area contributed by atoms with Crippen LogP contribution in [0.4, 0.5) is 9.18 Å². The lowest BCUT2D eigenvalue weighted by atomic mass is 9.95. The maximum absolute atomic E-state index is 15.2. The molecule has 0 bridgehead atoms. The van der Waals surface area contributed by atoms with Crippen LogP contribution in [0.5, 0.6) is 11.6 Å². The molecule has 0 saturated heterocycles. The van der Waals surface area contributed by atoms with Gasteiger partial charge in [-0.05, 0) is 37.4 Å². The molecule has 0 spiro atoms. The molecule has 0 fully saturated rings. The number of carbonyl (C=O) groups excluding carboxylic acids is 2. The Kier molecular flexibility index (Phi) is 6.15. The molecule has 0 saturated carbocycles. The van der Waals surface area contributed by atoms with E-state index in [4.69, 9.17) is 19.9 Å². The largest absolute Gasteiger partial charge is 0.493 e. The van der Waals surface area contributed by atoms with Gasteiger partial charge in [0.15, 0.2) is 17.3 Å². The Morgan fingerprint density at radius 1 is 1.13 bits per heavy atom. The number of nitrogens with two attached hydrogens (primary N) is 1. The molecule has 0 aliphatic rings. The van der Waals surface area contributed by atoms with Crippen molar-refractivity contribution in [1.29, 1.82) is 0 Å². The van der Waals surface area contributed by atoms with Gasteiger partial charge >= 0.3 is 6.09 Å². The van der Waals surface area contributed by atoms with E-state index in [1.54, 1.807) is 24.3 Å². The summed E-state index contributed by atoms with van der Waals surface area (Å²) in [4.78, 5) is 28.4. The zero-order valence-corrected chi connectivity index (χ0v) is 16.8. The highest BCUT2D eigenvalue weighted by atomic mass is 19.1. The van der Waals surface area contributed by atoms with Gasteiger partial charge in [0, 0.05) is 22.7 Å². The van der Waals surface area contributed by atoms with E-state index in [1.165, 1.54) is 32.4 Å². The molecule has 1 heterocycles. The molecule has 2 N–H and O–H groups in total. The second-order valence-corrected chi connectivity index (χ2v) is 6.41. The Morgan fingerprint density at radius 2 is 1.90 bits per heavy atom. The van der Waals surface area contributed by atoms with Crippen LogP contribution in [0.3, 0.4) is 0 Å². The quantitative estimate of drug-likeness (QED) is 0.585. The van der Waals surface area contributed by atoms with Crippen molar-refractivity contribution in [2.75, 3.05) is 13.7 Å². The van der Waals surface area contributed by atoms with E-state index in [0.717, 1.165) is 0 Å². The first-order chi connectivity index (χ1) is 14.4. The molecule has 0 radical (unpaired) electrons. The van der Waals surface area contributed by atoms with Crippen molar-refractivity contribution < 1.29 is 28.2 Å². The topological polar surface area (TPSA) is 101 Å². The van der Waals surface area contributed by atoms with Crippen molar-refractivity contribution in [2.45, 2.75) is 20.0 Å². The van der Waals surface area contributed by atoms with Gasteiger partial charge in [-0.25, -0.2) is 14.2 Å². The number of pyridine rings is 1. The van der Waals surface area contributed by atoms with Gasteiger partial charge in [-0.1, -0.05) is 18.2 Å². The molecule has 156 valence electrons. The van der Waals surface area contributed by atoms with Crippen LogP contribution in [0.2, 0.25) is 0 Å². The molecular weight excluding hydrogens is 391 g/mol. The highest BCUT2D eigenvalue weighted by Crippen LogP contribution is 2.34. The predicted octanol–water partition coefficient (Wildman–Crippen LogP) is 4.17. The number of amides is 1. The Hall–Kier alpha value is -3.68. The van der Waals surface area contributed by atoms with Gasteiger partial charge in [0.05, 0.1) is 19.3 Å². The number of primary amides is 1. The molecule has 8 heteroatoms. The molecule has 1 atom stereocenters. The van der Waals surface area contributed by atoms with Crippen LogP contribution in [0, 0.1) is 5.82 Å². The fraction of sp³-hybridized carbons (Fsp3) is 0.227. The van der Waals surface area contributed by atoms with Gasteiger partial charge in [-0.3, -0.25) is 4.79 Å². The fourth-order valence-electron chi connectivity index (χ4n) is 3.29. The Balaban J connectivity index is 2.10. The van der Waals surface area contributed by atoms with E-state index in [0.29, 0.717) is 28.8 Å². The number of ether oxygens (including phenoxy) is 3. The lowest BCUT2D eigenvalue weighted by molar-refractivity contribution is 0.103. The maximum atomic E-state index is 15.2. The van der Waals surface area contributed by atoms with Crippen molar-refractivity contribution in [1.82, 2.24) is 4.98 Å². The number of hydrogen-bond acceptors (Lipinski definition) is 6.